The molecule has 3 nitrogen and oxygen atoms in total. The molecular formula is C17H15ClN2OS. The number of halogens is 1. The Labute approximate surface area is 139 Å². The van der Waals surface area contributed by atoms with Crippen molar-refractivity contribution in [3.05, 3.63) is 65.4 Å². The Morgan fingerprint density at radius 1 is 1.14 bits per heavy atom. The van der Waals surface area contributed by atoms with Crippen molar-refractivity contribution in [3.63, 3.8) is 0 Å². The van der Waals surface area contributed by atoms with Crippen molar-refractivity contribution in [3.8, 4) is 0 Å². The van der Waals surface area contributed by atoms with Gasteiger partial charge in [0, 0.05) is 16.1 Å². The van der Waals surface area contributed by atoms with E-state index >= 15 is 0 Å². The van der Waals surface area contributed by atoms with E-state index in [1.165, 1.54) is 0 Å². The number of para-hydroxylation sites is 1. The molecular weight excluding hydrogens is 316 g/mol. The fourth-order valence-electron chi connectivity index (χ4n) is 2.18. The summed E-state index contributed by atoms with van der Waals surface area (Å²) in [7, 11) is 0. The van der Waals surface area contributed by atoms with Gasteiger partial charge in [0.15, 0.2) is 5.11 Å². The molecule has 0 unspecified atom stereocenters. The second kappa shape index (κ2) is 6.38. The van der Waals surface area contributed by atoms with Gasteiger partial charge in [-0.15, -0.1) is 0 Å². The van der Waals surface area contributed by atoms with Crippen LogP contribution < -0.4 is 10.6 Å². The van der Waals surface area contributed by atoms with Crippen LogP contribution in [-0.2, 0) is 0 Å². The van der Waals surface area contributed by atoms with E-state index in [9.17, 15) is 0 Å². The lowest BCUT2D eigenvalue weighted by molar-refractivity contribution is 0.493. The van der Waals surface area contributed by atoms with Gasteiger partial charge in [-0.3, -0.25) is 0 Å². The Hall–Kier alpha value is -2.04. The summed E-state index contributed by atoms with van der Waals surface area (Å²) in [5, 5.41) is 8.66. The highest BCUT2D eigenvalue weighted by atomic mass is 35.5. The van der Waals surface area contributed by atoms with Gasteiger partial charge in [0.25, 0.3) is 0 Å². The molecule has 1 heterocycles. The van der Waals surface area contributed by atoms with Gasteiger partial charge in [-0.25, -0.2) is 0 Å². The fraction of sp³-hybridized carbons (Fsp3) is 0.118. The quantitative estimate of drug-likeness (QED) is 0.652. The third-order valence-corrected chi connectivity index (χ3v) is 3.79. The molecule has 1 atom stereocenters. The van der Waals surface area contributed by atoms with Crippen LogP contribution in [0.25, 0.3) is 11.0 Å². The largest absolute Gasteiger partial charge is 0.459 e. The lowest BCUT2D eigenvalue weighted by Crippen LogP contribution is -2.30. The van der Waals surface area contributed by atoms with Gasteiger partial charge in [0.1, 0.15) is 11.3 Å². The van der Waals surface area contributed by atoms with E-state index in [1.54, 1.807) is 0 Å². The first-order valence-corrected chi connectivity index (χ1v) is 7.72. The molecule has 0 bridgehead atoms. The van der Waals surface area contributed by atoms with Crippen LogP contribution in [0.1, 0.15) is 18.7 Å². The summed E-state index contributed by atoms with van der Waals surface area (Å²) in [6, 6.07) is 17.3. The SMILES string of the molecule is C[C@@H](NC(=S)Nc1ccc(Cl)cc1)c1cc2ccccc2o1. The maximum absolute atomic E-state index is 5.86. The molecule has 0 saturated heterocycles. The minimum Gasteiger partial charge on any atom is -0.459 e. The standard InChI is InChI=1S/C17H15ClN2OS/c1-11(16-10-12-4-2-3-5-15(12)21-16)19-17(22)20-14-8-6-13(18)7-9-14/h2-11H,1H3,(H2,19,20,22)/t11-/m1/s1. The minimum atomic E-state index is -0.0281. The maximum Gasteiger partial charge on any atom is 0.171 e. The Kier molecular flexibility index (Phi) is 4.32. The number of hydrogen-bond donors (Lipinski definition) is 2. The third kappa shape index (κ3) is 3.40. The summed E-state index contributed by atoms with van der Waals surface area (Å²) in [6.07, 6.45) is 0. The van der Waals surface area contributed by atoms with E-state index in [0.717, 1.165) is 22.4 Å². The molecule has 3 rings (SSSR count). The highest BCUT2D eigenvalue weighted by molar-refractivity contribution is 7.80. The van der Waals surface area contributed by atoms with Gasteiger partial charge < -0.3 is 15.1 Å². The minimum absolute atomic E-state index is 0.0281. The van der Waals surface area contributed by atoms with E-state index in [0.29, 0.717) is 10.1 Å². The molecule has 22 heavy (non-hydrogen) atoms. The molecule has 0 fully saturated rings. The van der Waals surface area contributed by atoms with Crippen molar-refractivity contribution < 1.29 is 4.42 Å². The van der Waals surface area contributed by atoms with Gasteiger partial charge >= 0.3 is 0 Å². The van der Waals surface area contributed by atoms with Gasteiger partial charge in [-0.05, 0) is 55.5 Å². The normalized spacial score (nSPS) is 12.1. The van der Waals surface area contributed by atoms with Gasteiger partial charge in [-0.2, -0.15) is 0 Å². The summed E-state index contributed by atoms with van der Waals surface area (Å²) in [5.74, 6) is 0.849. The fourth-order valence-corrected chi connectivity index (χ4v) is 2.60. The smallest absolute Gasteiger partial charge is 0.171 e. The van der Waals surface area contributed by atoms with E-state index in [2.05, 4.69) is 10.6 Å². The first kappa shape index (κ1) is 14.9. The van der Waals surface area contributed by atoms with Crippen molar-refractivity contribution in [2.24, 2.45) is 0 Å². The van der Waals surface area contributed by atoms with Crippen LogP contribution >= 0.6 is 23.8 Å². The zero-order valence-corrected chi connectivity index (χ0v) is 13.5. The molecule has 0 amide bonds. The molecule has 0 aliphatic carbocycles. The predicted octanol–water partition coefficient (Wildman–Crippen LogP) is 5.13. The highest BCUT2D eigenvalue weighted by Crippen LogP contribution is 2.23. The summed E-state index contributed by atoms with van der Waals surface area (Å²) >= 11 is 11.2. The number of anilines is 1. The summed E-state index contributed by atoms with van der Waals surface area (Å²) < 4.78 is 5.83. The van der Waals surface area contributed by atoms with Crippen LogP contribution in [0, 0.1) is 0 Å². The monoisotopic (exact) mass is 330 g/mol. The number of nitrogens with one attached hydrogen (secondary N) is 2. The molecule has 0 saturated carbocycles. The van der Waals surface area contributed by atoms with Crippen LogP contribution in [0.15, 0.2) is 59.0 Å². The van der Waals surface area contributed by atoms with Crippen molar-refractivity contribution in [1.29, 1.82) is 0 Å². The number of furan rings is 1. The van der Waals surface area contributed by atoms with Crippen molar-refractivity contribution >= 4 is 45.6 Å². The molecule has 2 N–H and O–H groups in total. The van der Waals surface area contributed by atoms with Gasteiger partial charge in [0.2, 0.25) is 0 Å². The van der Waals surface area contributed by atoms with Crippen molar-refractivity contribution in [2.45, 2.75) is 13.0 Å². The van der Waals surface area contributed by atoms with Crippen molar-refractivity contribution in [2.75, 3.05) is 5.32 Å². The van der Waals surface area contributed by atoms with Gasteiger partial charge in [0.05, 0.1) is 6.04 Å². The number of thiocarbonyl (C=S) groups is 1. The Bertz CT molecular complexity index is 765. The highest BCUT2D eigenvalue weighted by Gasteiger charge is 2.12. The Morgan fingerprint density at radius 2 is 1.86 bits per heavy atom. The lowest BCUT2D eigenvalue weighted by Gasteiger charge is -2.15. The molecule has 5 heteroatoms. The maximum atomic E-state index is 5.86. The summed E-state index contributed by atoms with van der Waals surface area (Å²) in [5.41, 5.74) is 1.77. The number of hydrogen-bond acceptors (Lipinski definition) is 2. The van der Waals surface area contributed by atoms with Crippen LogP contribution in [0.4, 0.5) is 5.69 Å². The molecule has 0 spiro atoms. The van der Waals surface area contributed by atoms with Gasteiger partial charge in [-0.1, -0.05) is 29.8 Å². The third-order valence-electron chi connectivity index (χ3n) is 3.32. The zero-order chi connectivity index (χ0) is 15.5. The molecule has 2 aromatic carbocycles. The zero-order valence-electron chi connectivity index (χ0n) is 12.0. The second-order valence-electron chi connectivity index (χ2n) is 5.01. The average Bonchev–Trinajstić information content (AvgIpc) is 2.93. The van der Waals surface area contributed by atoms with E-state index in [1.807, 2.05) is 61.5 Å². The Balaban J connectivity index is 1.66. The molecule has 3 aromatic rings. The van der Waals surface area contributed by atoms with E-state index in [-0.39, 0.29) is 6.04 Å². The molecule has 1 aromatic heterocycles. The molecule has 0 aliphatic rings. The predicted molar refractivity (Wildman–Crippen MR) is 95.4 cm³/mol. The second-order valence-corrected chi connectivity index (χ2v) is 5.86. The number of fused-ring (bicyclic) bond motifs is 1. The summed E-state index contributed by atoms with van der Waals surface area (Å²) in [6.45, 7) is 2.01. The first-order chi connectivity index (χ1) is 10.6. The van der Waals surface area contributed by atoms with Crippen LogP contribution in [-0.4, -0.2) is 5.11 Å². The average molecular weight is 331 g/mol. The Morgan fingerprint density at radius 3 is 2.59 bits per heavy atom. The van der Waals surface area contributed by atoms with Crippen molar-refractivity contribution in [1.82, 2.24) is 5.32 Å². The topological polar surface area (TPSA) is 37.2 Å². The van der Waals surface area contributed by atoms with Crippen LogP contribution in [0.5, 0.6) is 0 Å². The van der Waals surface area contributed by atoms with E-state index < -0.39 is 0 Å². The summed E-state index contributed by atoms with van der Waals surface area (Å²) in [4.78, 5) is 0. The first-order valence-electron chi connectivity index (χ1n) is 6.93. The van der Waals surface area contributed by atoms with E-state index in [4.69, 9.17) is 28.2 Å². The number of benzene rings is 2. The van der Waals surface area contributed by atoms with Crippen LogP contribution in [0.2, 0.25) is 5.02 Å². The van der Waals surface area contributed by atoms with Crippen LogP contribution in [0.3, 0.4) is 0 Å². The molecule has 112 valence electrons. The number of rotatable bonds is 3. The molecule has 0 radical (unpaired) electrons. The molecule has 0 aliphatic heterocycles. The lowest BCUT2D eigenvalue weighted by atomic mass is 10.2.